The van der Waals surface area contributed by atoms with Crippen LogP contribution < -0.4 is 11.1 Å². The van der Waals surface area contributed by atoms with Crippen LogP contribution in [-0.2, 0) is 0 Å². The molecule has 1 aromatic carbocycles. The van der Waals surface area contributed by atoms with Crippen molar-refractivity contribution in [3.8, 4) is 0 Å². The van der Waals surface area contributed by atoms with Gasteiger partial charge in [0, 0.05) is 12.0 Å². The first-order valence-electron chi connectivity index (χ1n) is 7.69. The molecule has 0 heterocycles. The Morgan fingerprint density at radius 3 is 2.63 bits per heavy atom. The van der Waals surface area contributed by atoms with Gasteiger partial charge < -0.3 is 11.1 Å². The lowest BCUT2D eigenvalue weighted by molar-refractivity contribution is 0.385. The van der Waals surface area contributed by atoms with E-state index >= 15 is 0 Å². The molecule has 0 aliphatic heterocycles. The molecule has 0 radical (unpaired) electrons. The maximum absolute atomic E-state index is 5.84. The molecule has 1 saturated carbocycles. The van der Waals surface area contributed by atoms with E-state index in [1.165, 1.54) is 24.8 Å². The Morgan fingerprint density at radius 1 is 1.26 bits per heavy atom. The van der Waals surface area contributed by atoms with Gasteiger partial charge in [0.1, 0.15) is 0 Å². The van der Waals surface area contributed by atoms with Gasteiger partial charge in [-0.15, -0.1) is 0 Å². The van der Waals surface area contributed by atoms with E-state index in [0.29, 0.717) is 12.0 Å². The van der Waals surface area contributed by atoms with E-state index in [9.17, 15) is 0 Å². The molecule has 3 N–H and O–H groups in total. The molecule has 0 amide bonds. The summed E-state index contributed by atoms with van der Waals surface area (Å²) in [6, 6.07) is 11.5. The minimum Gasteiger partial charge on any atom is -0.330 e. The zero-order chi connectivity index (χ0) is 13.7. The number of benzene rings is 1. The summed E-state index contributed by atoms with van der Waals surface area (Å²) < 4.78 is 0. The second-order valence-electron chi connectivity index (χ2n) is 6.33. The zero-order valence-corrected chi connectivity index (χ0v) is 12.3. The van der Waals surface area contributed by atoms with Crippen LogP contribution in [0.5, 0.6) is 0 Å². The Hall–Kier alpha value is -0.860. The highest BCUT2D eigenvalue weighted by Crippen LogP contribution is 2.40. The second-order valence-corrected chi connectivity index (χ2v) is 6.33. The van der Waals surface area contributed by atoms with Crippen molar-refractivity contribution in [1.82, 2.24) is 5.32 Å². The first-order chi connectivity index (χ1) is 9.20. The standard InChI is InChI=1S/C17H28N2/c1-13(2)10-14(12-18)8-9-19-17-11-16(17)15-6-4-3-5-7-15/h3-7,13-14,16-17,19H,8-12,18H2,1-2H3. The van der Waals surface area contributed by atoms with Crippen LogP contribution in [0.25, 0.3) is 0 Å². The molecule has 3 atom stereocenters. The molecule has 1 aromatic rings. The molecule has 19 heavy (non-hydrogen) atoms. The number of nitrogens with two attached hydrogens (primary N) is 1. The summed E-state index contributed by atoms with van der Waals surface area (Å²) in [6.45, 7) is 6.50. The molecule has 1 aliphatic rings. The maximum atomic E-state index is 5.84. The van der Waals surface area contributed by atoms with E-state index in [1.807, 2.05) is 0 Å². The van der Waals surface area contributed by atoms with Crippen molar-refractivity contribution in [2.45, 2.75) is 45.1 Å². The van der Waals surface area contributed by atoms with Crippen molar-refractivity contribution >= 4 is 0 Å². The Kier molecular flexibility index (Phi) is 5.41. The molecule has 0 spiro atoms. The van der Waals surface area contributed by atoms with E-state index in [2.05, 4.69) is 49.5 Å². The first-order valence-corrected chi connectivity index (χ1v) is 7.69. The maximum Gasteiger partial charge on any atom is 0.0143 e. The fourth-order valence-corrected chi connectivity index (χ4v) is 2.96. The molecule has 2 rings (SSSR count). The van der Waals surface area contributed by atoms with E-state index in [0.717, 1.165) is 24.9 Å². The van der Waals surface area contributed by atoms with Crippen LogP contribution in [0.2, 0.25) is 0 Å². The van der Waals surface area contributed by atoms with Crippen molar-refractivity contribution in [1.29, 1.82) is 0 Å². The predicted octanol–water partition coefficient (Wildman–Crippen LogP) is 3.14. The summed E-state index contributed by atoms with van der Waals surface area (Å²) in [6.07, 6.45) is 3.76. The summed E-state index contributed by atoms with van der Waals surface area (Å²) in [4.78, 5) is 0. The number of nitrogens with one attached hydrogen (secondary N) is 1. The fraction of sp³-hybridized carbons (Fsp3) is 0.647. The van der Waals surface area contributed by atoms with Gasteiger partial charge in [-0.1, -0.05) is 44.2 Å². The predicted molar refractivity (Wildman–Crippen MR) is 82.2 cm³/mol. The summed E-state index contributed by atoms with van der Waals surface area (Å²) in [5.41, 5.74) is 7.33. The van der Waals surface area contributed by atoms with E-state index < -0.39 is 0 Å². The van der Waals surface area contributed by atoms with Crippen molar-refractivity contribution in [2.24, 2.45) is 17.6 Å². The number of hydrogen-bond acceptors (Lipinski definition) is 2. The van der Waals surface area contributed by atoms with Gasteiger partial charge in [0.25, 0.3) is 0 Å². The molecular formula is C17H28N2. The Balaban J connectivity index is 1.65. The number of rotatable bonds is 8. The summed E-state index contributed by atoms with van der Waals surface area (Å²) in [5.74, 6) is 2.18. The third-order valence-corrected chi connectivity index (χ3v) is 4.12. The van der Waals surface area contributed by atoms with Crippen LogP contribution in [-0.4, -0.2) is 19.1 Å². The van der Waals surface area contributed by atoms with E-state index in [-0.39, 0.29) is 0 Å². The highest BCUT2D eigenvalue weighted by molar-refractivity contribution is 5.27. The summed E-state index contributed by atoms with van der Waals surface area (Å²) in [7, 11) is 0. The summed E-state index contributed by atoms with van der Waals surface area (Å²) >= 11 is 0. The molecule has 0 saturated heterocycles. The van der Waals surface area contributed by atoms with Gasteiger partial charge in [0.2, 0.25) is 0 Å². The molecule has 0 bridgehead atoms. The molecule has 1 aliphatic carbocycles. The van der Waals surface area contributed by atoms with Crippen LogP contribution in [0.1, 0.15) is 44.6 Å². The average molecular weight is 260 g/mol. The van der Waals surface area contributed by atoms with Crippen molar-refractivity contribution in [2.75, 3.05) is 13.1 Å². The molecule has 2 heteroatoms. The SMILES string of the molecule is CC(C)CC(CN)CCNC1CC1c1ccccc1. The van der Waals surface area contributed by atoms with E-state index in [4.69, 9.17) is 5.73 Å². The Bertz CT molecular complexity index is 361. The normalized spacial score (nSPS) is 23.6. The molecule has 106 valence electrons. The van der Waals surface area contributed by atoms with Crippen molar-refractivity contribution in [3.63, 3.8) is 0 Å². The van der Waals surface area contributed by atoms with Crippen LogP contribution in [0.15, 0.2) is 30.3 Å². The average Bonchev–Trinajstić information content (AvgIpc) is 3.18. The lowest BCUT2D eigenvalue weighted by atomic mass is 9.94. The van der Waals surface area contributed by atoms with Crippen molar-refractivity contribution in [3.05, 3.63) is 35.9 Å². The van der Waals surface area contributed by atoms with E-state index in [1.54, 1.807) is 0 Å². The van der Waals surface area contributed by atoms with Gasteiger partial charge in [0.15, 0.2) is 0 Å². The minimum absolute atomic E-state index is 0.682. The molecule has 1 fully saturated rings. The lowest BCUT2D eigenvalue weighted by Gasteiger charge is -2.17. The second kappa shape index (κ2) is 7.06. The third kappa shape index (κ3) is 4.63. The molecule has 3 unspecified atom stereocenters. The van der Waals surface area contributed by atoms with Gasteiger partial charge in [0.05, 0.1) is 0 Å². The monoisotopic (exact) mass is 260 g/mol. The number of hydrogen-bond donors (Lipinski definition) is 2. The van der Waals surface area contributed by atoms with Gasteiger partial charge >= 0.3 is 0 Å². The highest BCUT2D eigenvalue weighted by atomic mass is 15.0. The van der Waals surface area contributed by atoms with Gasteiger partial charge in [-0.05, 0) is 49.8 Å². The molecule has 2 nitrogen and oxygen atoms in total. The fourth-order valence-electron chi connectivity index (χ4n) is 2.96. The van der Waals surface area contributed by atoms with Crippen LogP contribution in [0.4, 0.5) is 0 Å². The lowest BCUT2D eigenvalue weighted by Crippen LogP contribution is -2.25. The molecule has 0 aromatic heterocycles. The van der Waals surface area contributed by atoms with Gasteiger partial charge in [-0.25, -0.2) is 0 Å². The van der Waals surface area contributed by atoms with Crippen LogP contribution in [0, 0.1) is 11.8 Å². The Labute approximate surface area is 117 Å². The van der Waals surface area contributed by atoms with Gasteiger partial charge in [-0.3, -0.25) is 0 Å². The van der Waals surface area contributed by atoms with Gasteiger partial charge in [-0.2, -0.15) is 0 Å². The summed E-state index contributed by atoms with van der Waals surface area (Å²) in [5, 5.41) is 3.69. The highest BCUT2D eigenvalue weighted by Gasteiger charge is 2.37. The zero-order valence-electron chi connectivity index (χ0n) is 12.3. The third-order valence-electron chi connectivity index (χ3n) is 4.12. The van der Waals surface area contributed by atoms with Crippen molar-refractivity contribution < 1.29 is 0 Å². The first kappa shape index (κ1) is 14.5. The van der Waals surface area contributed by atoms with Crippen LogP contribution in [0.3, 0.4) is 0 Å². The quantitative estimate of drug-likeness (QED) is 0.753. The largest absolute Gasteiger partial charge is 0.330 e. The van der Waals surface area contributed by atoms with Crippen LogP contribution >= 0.6 is 0 Å². The Morgan fingerprint density at radius 2 is 2.00 bits per heavy atom. The topological polar surface area (TPSA) is 38.0 Å². The molecular weight excluding hydrogens is 232 g/mol. The minimum atomic E-state index is 0.682. The smallest absolute Gasteiger partial charge is 0.0143 e.